The molecule has 80 valence electrons. The van der Waals surface area contributed by atoms with Crippen LogP contribution >= 0.6 is 0 Å². The fourth-order valence-electron chi connectivity index (χ4n) is 1.53. The molecule has 0 aliphatic carbocycles. The van der Waals surface area contributed by atoms with Crippen LogP contribution in [0.5, 0.6) is 0 Å². The summed E-state index contributed by atoms with van der Waals surface area (Å²) in [6.07, 6.45) is 3.47. The third-order valence-corrected chi connectivity index (χ3v) is 2.27. The second-order valence-electron chi connectivity index (χ2n) is 4.53. The molecule has 2 unspecified atom stereocenters. The van der Waals surface area contributed by atoms with Gasteiger partial charge in [0.25, 0.3) is 0 Å². The van der Waals surface area contributed by atoms with Crippen molar-refractivity contribution >= 4 is 0 Å². The van der Waals surface area contributed by atoms with Crippen LogP contribution in [0.1, 0.15) is 40.0 Å². The minimum absolute atomic E-state index is 0.354. The van der Waals surface area contributed by atoms with Crippen LogP contribution in [0, 0.1) is 11.8 Å². The molecule has 2 atom stereocenters. The minimum atomic E-state index is 0.354. The molecule has 0 amide bonds. The molecule has 0 saturated carbocycles. The number of ether oxygens (including phenoxy) is 1. The van der Waals surface area contributed by atoms with Crippen LogP contribution in [0.2, 0.25) is 0 Å². The average Bonchev–Trinajstić information content (AvgIpc) is 2.01. The van der Waals surface area contributed by atoms with Gasteiger partial charge in [0, 0.05) is 19.8 Å². The van der Waals surface area contributed by atoms with Crippen molar-refractivity contribution in [2.75, 3.05) is 13.7 Å². The van der Waals surface area contributed by atoms with E-state index in [0.29, 0.717) is 12.0 Å². The first-order valence-electron chi connectivity index (χ1n) is 5.30. The van der Waals surface area contributed by atoms with Crippen molar-refractivity contribution in [3.63, 3.8) is 0 Å². The van der Waals surface area contributed by atoms with E-state index in [9.17, 15) is 0 Å². The molecule has 0 saturated heterocycles. The highest BCUT2D eigenvalue weighted by Gasteiger charge is 2.09. The van der Waals surface area contributed by atoms with Crippen molar-refractivity contribution in [2.24, 2.45) is 17.6 Å². The van der Waals surface area contributed by atoms with Crippen LogP contribution in [0.4, 0.5) is 0 Å². The third-order valence-electron chi connectivity index (χ3n) is 2.27. The highest BCUT2D eigenvalue weighted by molar-refractivity contribution is 4.66. The standard InChI is InChI=1S/C11H25NO/c1-9(2)5-6-11(12)7-10(3)8-13-4/h9-11H,5-8,12H2,1-4H3. The summed E-state index contributed by atoms with van der Waals surface area (Å²) in [7, 11) is 1.75. The molecule has 0 radical (unpaired) electrons. The monoisotopic (exact) mass is 187 g/mol. The van der Waals surface area contributed by atoms with Gasteiger partial charge in [0.05, 0.1) is 0 Å². The zero-order valence-electron chi connectivity index (χ0n) is 9.55. The van der Waals surface area contributed by atoms with Crippen LogP contribution in [0.3, 0.4) is 0 Å². The summed E-state index contributed by atoms with van der Waals surface area (Å²) in [6, 6.07) is 0.354. The molecule has 0 rings (SSSR count). The number of rotatable bonds is 7. The molecule has 0 aromatic carbocycles. The Balaban J connectivity index is 3.43. The Morgan fingerprint density at radius 1 is 1.15 bits per heavy atom. The minimum Gasteiger partial charge on any atom is -0.384 e. The SMILES string of the molecule is COCC(C)CC(N)CCC(C)C. The lowest BCUT2D eigenvalue weighted by Gasteiger charge is -2.17. The van der Waals surface area contributed by atoms with Gasteiger partial charge in [0.15, 0.2) is 0 Å². The highest BCUT2D eigenvalue weighted by atomic mass is 16.5. The highest BCUT2D eigenvalue weighted by Crippen LogP contribution is 2.12. The van der Waals surface area contributed by atoms with Crippen LogP contribution in [0.25, 0.3) is 0 Å². The fourth-order valence-corrected chi connectivity index (χ4v) is 1.53. The first-order valence-corrected chi connectivity index (χ1v) is 5.30. The van der Waals surface area contributed by atoms with Crippen molar-refractivity contribution in [3.05, 3.63) is 0 Å². The Kier molecular flexibility index (Phi) is 7.29. The Morgan fingerprint density at radius 2 is 1.77 bits per heavy atom. The van der Waals surface area contributed by atoms with E-state index in [2.05, 4.69) is 20.8 Å². The Morgan fingerprint density at radius 3 is 2.23 bits per heavy atom. The smallest absolute Gasteiger partial charge is 0.0488 e. The molecule has 0 aliphatic rings. The summed E-state index contributed by atoms with van der Waals surface area (Å²) in [5.74, 6) is 1.36. The summed E-state index contributed by atoms with van der Waals surface area (Å²) in [5.41, 5.74) is 6.00. The Hall–Kier alpha value is -0.0800. The van der Waals surface area contributed by atoms with Crippen LogP contribution < -0.4 is 5.73 Å². The summed E-state index contributed by atoms with van der Waals surface area (Å²) in [5, 5.41) is 0. The van der Waals surface area contributed by atoms with E-state index in [-0.39, 0.29) is 0 Å². The van der Waals surface area contributed by atoms with Crippen LogP contribution in [0.15, 0.2) is 0 Å². The maximum atomic E-state index is 6.00. The number of nitrogens with two attached hydrogens (primary N) is 1. The number of methoxy groups -OCH3 is 1. The van der Waals surface area contributed by atoms with E-state index in [1.54, 1.807) is 7.11 Å². The van der Waals surface area contributed by atoms with Gasteiger partial charge in [-0.2, -0.15) is 0 Å². The molecule has 2 heteroatoms. The fraction of sp³-hybridized carbons (Fsp3) is 1.00. The zero-order valence-corrected chi connectivity index (χ0v) is 9.55. The molecular weight excluding hydrogens is 162 g/mol. The van der Waals surface area contributed by atoms with Gasteiger partial charge in [-0.15, -0.1) is 0 Å². The third kappa shape index (κ3) is 8.26. The molecule has 13 heavy (non-hydrogen) atoms. The van der Waals surface area contributed by atoms with E-state index in [1.807, 2.05) is 0 Å². The van der Waals surface area contributed by atoms with Gasteiger partial charge in [-0.05, 0) is 31.1 Å². The van der Waals surface area contributed by atoms with Crippen molar-refractivity contribution in [1.29, 1.82) is 0 Å². The van der Waals surface area contributed by atoms with Crippen molar-refractivity contribution in [3.8, 4) is 0 Å². The van der Waals surface area contributed by atoms with E-state index in [1.165, 1.54) is 6.42 Å². The van der Waals surface area contributed by atoms with E-state index < -0.39 is 0 Å². The predicted octanol–water partition coefficient (Wildman–Crippen LogP) is 2.42. The summed E-state index contributed by atoms with van der Waals surface area (Å²) < 4.78 is 5.07. The number of hydrogen-bond donors (Lipinski definition) is 1. The molecule has 0 heterocycles. The van der Waals surface area contributed by atoms with Crippen molar-refractivity contribution in [1.82, 2.24) is 0 Å². The molecule has 0 spiro atoms. The predicted molar refractivity (Wildman–Crippen MR) is 57.7 cm³/mol. The van der Waals surface area contributed by atoms with Gasteiger partial charge >= 0.3 is 0 Å². The van der Waals surface area contributed by atoms with Gasteiger partial charge in [-0.25, -0.2) is 0 Å². The lowest BCUT2D eigenvalue weighted by Crippen LogP contribution is -2.24. The number of hydrogen-bond acceptors (Lipinski definition) is 2. The van der Waals surface area contributed by atoms with Gasteiger partial charge in [0.2, 0.25) is 0 Å². The van der Waals surface area contributed by atoms with E-state index in [0.717, 1.165) is 25.4 Å². The Labute approximate surface area is 82.8 Å². The van der Waals surface area contributed by atoms with Crippen LogP contribution in [-0.2, 0) is 4.74 Å². The van der Waals surface area contributed by atoms with E-state index >= 15 is 0 Å². The topological polar surface area (TPSA) is 35.2 Å². The summed E-state index contributed by atoms with van der Waals surface area (Å²) in [6.45, 7) is 7.50. The molecule has 0 aromatic heterocycles. The molecule has 2 N–H and O–H groups in total. The molecule has 2 nitrogen and oxygen atoms in total. The quantitative estimate of drug-likeness (QED) is 0.664. The molecule has 0 aliphatic heterocycles. The maximum absolute atomic E-state index is 6.00. The van der Waals surface area contributed by atoms with Gasteiger partial charge < -0.3 is 10.5 Å². The zero-order chi connectivity index (χ0) is 10.3. The molecule has 0 fully saturated rings. The lowest BCUT2D eigenvalue weighted by atomic mass is 9.96. The maximum Gasteiger partial charge on any atom is 0.0488 e. The first-order chi connectivity index (χ1) is 6.06. The molecule has 0 aromatic rings. The molecular formula is C11H25NO. The van der Waals surface area contributed by atoms with Crippen LogP contribution in [-0.4, -0.2) is 19.8 Å². The lowest BCUT2D eigenvalue weighted by molar-refractivity contribution is 0.151. The van der Waals surface area contributed by atoms with Crippen molar-refractivity contribution in [2.45, 2.75) is 46.1 Å². The normalized spacial score (nSPS) is 16.2. The average molecular weight is 187 g/mol. The second kappa shape index (κ2) is 7.34. The van der Waals surface area contributed by atoms with Crippen molar-refractivity contribution < 1.29 is 4.74 Å². The largest absolute Gasteiger partial charge is 0.384 e. The summed E-state index contributed by atoms with van der Waals surface area (Å²) in [4.78, 5) is 0. The van der Waals surface area contributed by atoms with Gasteiger partial charge in [0.1, 0.15) is 0 Å². The van der Waals surface area contributed by atoms with E-state index in [4.69, 9.17) is 10.5 Å². The second-order valence-corrected chi connectivity index (χ2v) is 4.53. The van der Waals surface area contributed by atoms with Gasteiger partial charge in [-0.3, -0.25) is 0 Å². The first kappa shape index (κ1) is 12.9. The molecule has 0 bridgehead atoms. The Bertz CT molecular complexity index is 115. The summed E-state index contributed by atoms with van der Waals surface area (Å²) >= 11 is 0. The van der Waals surface area contributed by atoms with Gasteiger partial charge in [-0.1, -0.05) is 20.8 Å².